The van der Waals surface area contributed by atoms with E-state index < -0.39 is 12.1 Å². The molecule has 2 rings (SSSR count). The van der Waals surface area contributed by atoms with E-state index in [-0.39, 0.29) is 11.7 Å². The molecule has 0 heterocycles. The van der Waals surface area contributed by atoms with Gasteiger partial charge in [-0.1, -0.05) is 24.1 Å². The summed E-state index contributed by atoms with van der Waals surface area (Å²) in [5.74, 6) is -0.0774. The molecule has 0 bridgehead atoms. The van der Waals surface area contributed by atoms with Crippen LogP contribution in [0.15, 0.2) is 18.2 Å². The Morgan fingerprint density at radius 3 is 2.69 bits per heavy atom. The van der Waals surface area contributed by atoms with Crippen LogP contribution in [0.25, 0.3) is 0 Å². The summed E-state index contributed by atoms with van der Waals surface area (Å²) in [5, 5.41) is 10.0. The summed E-state index contributed by atoms with van der Waals surface area (Å²) in [4.78, 5) is 0. The van der Waals surface area contributed by atoms with Gasteiger partial charge in [-0.25, -0.2) is 4.39 Å². The van der Waals surface area contributed by atoms with Crippen molar-refractivity contribution >= 4 is 0 Å². The second kappa shape index (κ2) is 4.52. The van der Waals surface area contributed by atoms with Gasteiger partial charge in [-0.2, -0.15) is 0 Å². The van der Waals surface area contributed by atoms with Crippen LogP contribution in [-0.4, -0.2) is 11.2 Å². The number of aliphatic hydroxyl groups excluding tert-OH is 1. The number of nitrogens with two attached hydrogens (primary N) is 1. The molecule has 0 amide bonds. The van der Waals surface area contributed by atoms with Gasteiger partial charge >= 0.3 is 0 Å². The van der Waals surface area contributed by atoms with E-state index in [4.69, 9.17) is 5.73 Å². The van der Waals surface area contributed by atoms with Crippen molar-refractivity contribution in [3.63, 3.8) is 0 Å². The minimum Gasteiger partial charge on any atom is -0.391 e. The highest BCUT2D eigenvalue weighted by molar-refractivity contribution is 5.27. The molecule has 2 atom stereocenters. The minimum absolute atomic E-state index is 0.245. The number of aliphatic hydroxyl groups is 1. The number of rotatable bonds is 3. The smallest absolute Gasteiger partial charge is 0.128 e. The van der Waals surface area contributed by atoms with Gasteiger partial charge in [0, 0.05) is 5.56 Å². The molecular weight excluding hydrogens is 205 g/mol. The maximum Gasteiger partial charge on any atom is 0.128 e. The average Bonchev–Trinajstić information content (AvgIpc) is 2.18. The van der Waals surface area contributed by atoms with Gasteiger partial charge in [-0.05, 0) is 31.7 Å². The predicted molar refractivity (Wildman–Crippen MR) is 61.4 cm³/mol. The first kappa shape index (κ1) is 11.6. The van der Waals surface area contributed by atoms with Gasteiger partial charge in [0.15, 0.2) is 0 Å². The lowest BCUT2D eigenvalue weighted by atomic mass is 9.77. The molecule has 3 heteroatoms. The quantitative estimate of drug-likeness (QED) is 0.826. The van der Waals surface area contributed by atoms with Crippen LogP contribution in [0.5, 0.6) is 0 Å². The molecular formula is C13H18FNO. The Morgan fingerprint density at radius 1 is 1.44 bits per heavy atom. The Balaban J connectivity index is 2.18. The van der Waals surface area contributed by atoms with E-state index in [1.807, 2.05) is 6.92 Å². The van der Waals surface area contributed by atoms with Crippen LogP contribution in [0.3, 0.4) is 0 Å². The molecule has 88 valence electrons. The Hall–Kier alpha value is -0.930. The summed E-state index contributed by atoms with van der Waals surface area (Å²) in [6, 6.07) is 4.24. The van der Waals surface area contributed by atoms with Crippen molar-refractivity contribution in [2.75, 3.05) is 0 Å². The third-order valence-corrected chi connectivity index (χ3v) is 3.51. The molecule has 0 unspecified atom stereocenters. The Bertz CT molecular complexity index is 376. The second-order valence-corrected chi connectivity index (χ2v) is 4.73. The number of hydrogen-bond acceptors (Lipinski definition) is 2. The van der Waals surface area contributed by atoms with E-state index in [9.17, 15) is 9.50 Å². The molecule has 16 heavy (non-hydrogen) atoms. The van der Waals surface area contributed by atoms with Crippen LogP contribution < -0.4 is 5.73 Å². The fourth-order valence-corrected chi connectivity index (χ4v) is 2.18. The molecule has 1 saturated carbocycles. The molecule has 0 saturated heterocycles. The summed E-state index contributed by atoms with van der Waals surface area (Å²) in [7, 11) is 0. The summed E-state index contributed by atoms with van der Waals surface area (Å²) >= 11 is 0. The third kappa shape index (κ3) is 2.11. The lowest BCUT2D eigenvalue weighted by molar-refractivity contribution is 0.0404. The van der Waals surface area contributed by atoms with Crippen LogP contribution in [0.1, 0.15) is 36.4 Å². The van der Waals surface area contributed by atoms with E-state index in [0.29, 0.717) is 5.56 Å². The highest BCUT2D eigenvalue weighted by Crippen LogP contribution is 2.34. The zero-order chi connectivity index (χ0) is 11.7. The largest absolute Gasteiger partial charge is 0.391 e. The Labute approximate surface area is 95.3 Å². The maximum atomic E-state index is 13.6. The van der Waals surface area contributed by atoms with Gasteiger partial charge in [0.05, 0.1) is 12.1 Å². The van der Waals surface area contributed by atoms with Crippen molar-refractivity contribution in [3.05, 3.63) is 35.1 Å². The van der Waals surface area contributed by atoms with Crippen molar-refractivity contribution in [2.45, 2.75) is 38.3 Å². The average molecular weight is 223 g/mol. The normalized spacial score (nSPS) is 20.2. The number of halogens is 1. The van der Waals surface area contributed by atoms with E-state index in [2.05, 4.69) is 0 Å². The molecule has 0 aromatic heterocycles. The molecule has 1 aliphatic carbocycles. The van der Waals surface area contributed by atoms with Gasteiger partial charge in [0.1, 0.15) is 5.82 Å². The standard InChI is InChI=1S/C13H18FNO/c1-8-5-6-11(14)10(7-8)12(15)13(16)9-3-2-4-9/h5-7,9,12-13,16H,2-4,15H2,1H3/t12-,13+/m1/s1. The molecule has 0 spiro atoms. The van der Waals surface area contributed by atoms with Crippen LogP contribution in [0.4, 0.5) is 4.39 Å². The summed E-state index contributed by atoms with van der Waals surface area (Å²) in [6.07, 6.45) is 2.53. The Kier molecular flexibility index (Phi) is 3.26. The van der Waals surface area contributed by atoms with Crippen molar-refractivity contribution in [3.8, 4) is 0 Å². The Morgan fingerprint density at radius 2 is 2.12 bits per heavy atom. The zero-order valence-corrected chi connectivity index (χ0v) is 9.49. The molecule has 3 N–H and O–H groups in total. The molecule has 1 aliphatic rings. The van der Waals surface area contributed by atoms with Crippen molar-refractivity contribution < 1.29 is 9.50 Å². The monoisotopic (exact) mass is 223 g/mol. The van der Waals surface area contributed by atoms with E-state index >= 15 is 0 Å². The molecule has 2 nitrogen and oxygen atoms in total. The van der Waals surface area contributed by atoms with Crippen LogP contribution in [0, 0.1) is 18.7 Å². The molecule has 0 aliphatic heterocycles. The first-order valence-electron chi connectivity index (χ1n) is 5.79. The van der Waals surface area contributed by atoms with E-state index in [1.165, 1.54) is 6.07 Å². The minimum atomic E-state index is -0.620. The van der Waals surface area contributed by atoms with Gasteiger partial charge in [-0.15, -0.1) is 0 Å². The van der Waals surface area contributed by atoms with E-state index in [0.717, 1.165) is 24.8 Å². The van der Waals surface area contributed by atoms with Gasteiger partial charge in [-0.3, -0.25) is 0 Å². The fourth-order valence-electron chi connectivity index (χ4n) is 2.18. The number of aryl methyl sites for hydroxylation is 1. The number of benzene rings is 1. The second-order valence-electron chi connectivity index (χ2n) is 4.73. The lowest BCUT2D eigenvalue weighted by Crippen LogP contribution is -2.36. The summed E-state index contributed by atoms with van der Waals surface area (Å²) < 4.78 is 13.6. The van der Waals surface area contributed by atoms with E-state index in [1.54, 1.807) is 12.1 Å². The first-order valence-corrected chi connectivity index (χ1v) is 5.79. The molecule has 0 radical (unpaired) electrons. The molecule has 1 aromatic rings. The highest BCUT2D eigenvalue weighted by Gasteiger charge is 2.31. The fraction of sp³-hybridized carbons (Fsp3) is 0.538. The summed E-state index contributed by atoms with van der Waals surface area (Å²) in [5.41, 5.74) is 7.32. The highest BCUT2D eigenvalue weighted by atomic mass is 19.1. The topological polar surface area (TPSA) is 46.2 Å². The molecule has 1 aromatic carbocycles. The van der Waals surface area contributed by atoms with Gasteiger partial charge < -0.3 is 10.8 Å². The van der Waals surface area contributed by atoms with Gasteiger partial charge in [0.2, 0.25) is 0 Å². The SMILES string of the molecule is Cc1ccc(F)c([C@@H](N)[C@@H](O)C2CCC2)c1. The maximum absolute atomic E-state index is 13.6. The van der Waals surface area contributed by atoms with Crippen LogP contribution in [-0.2, 0) is 0 Å². The predicted octanol–water partition coefficient (Wildman–Crippen LogP) is 2.29. The van der Waals surface area contributed by atoms with Crippen LogP contribution >= 0.6 is 0 Å². The zero-order valence-electron chi connectivity index (χ0n) is 9.49. The summed E-state index contributed by atoms with van der Waals surface area (Å²) in [6.45, 7) is 1.89. The lowest BCUT2D eigenvalue weighted by Gasteiger charge is -2.34. The van der Waals surface area contributed by atoms with Gasteiger partial charge in [0.25, 0.3) is 0 Å². The first-order chi connectivity index (χ1) is 7.59. The van der Waals surface area contributed by atoms with Crippen molar-refractivity contribution in [2.24, 2.45) is 11.7 Å². The third-order valence-electron chi connectivity index (χ3n) is 3.51. The van der Waals surface area contributed by atoms with Crippen LogP contribution in [0.2, 0.25) is 0 Å². The van der Waals surface area contributed by atoms with Crippen molar-refractivity contribution in [1.29, 1.82) is 0 Å². The van der Waals surface area contributed by atoms with Crippen molar-refractivity contribution in [1.82, 2.24) is 0 Å². The molecule has 1 fully saturated rings. The number of hydrogen-bond donors (Lipinski definition) is 2.